The van der Waals surface area contributed by atoms with Crippen LogP contribution in [0.4, 0.5) is 22.0 Å². The summed E-state index contributed by atoms with van der Waals surface area (Å²) >= 11 is 15.9. The maximum absolute atomic E-state index is 13.2. The maximum Gasteiger partial charge on any atom is 0.457 e. The first kappa shape index (κ1) is 14.8. The average Bonchev–Trinajstić information content (AvgIpc) is 2.44. The van der Waals surface area contributed by atoms with Crippen molar-refractivity contribution >= 4 is 41.1 Å². The summed E-state index contributed by atoms with van der Waals surface area (Å²) in [5.41, 5.74) is 0. The zero-order chi connectivity index (χ0) is 13.6. The third-order valence-corrected chi connectivity index (χ3v) is 2.56. The van der Waals surface area contributed by atoms with Crippen molar-refractivity contribution in [1.82, 2.24) is 9.91 Å². The number of rotatable bonds is 1. The summed E-state index contributed by atoms with van der Waals surface area (Å²) in [6.45, 7) is 0. The molecule has 0 bridgehead atoms. The van der Waals surface area contributed by atoms with Gasteiger partial charge in [0.25, 0.3) is 3.92 Å². The monoisotopic (exact) mass is 319 g/mol. The third-order valence-electron chi connectivity index (χ3n) is 1.97. The Balaban J connectivity index is 3.11. The molecule has 1 unspecified atom stereocenters. The molecule has 0 radical (unpaired) electrons. The van der Waals surface area contributed by atoms with E-state index < -0.39 is 22.2 Å². The van der Waals surface area contributed by atoms with E-state index in [1.54, 1.807) is 0 Å². The second kappa shape index (κ2) is 4.17. The van der Waals surface area contributed by atoms with E-state index >= 15 is 0 Å². The van der Waals surface area contributed by atoms with Crippen LogP contribution in [0, 0.1) is 0 Å². The summed E-state index contributed by atoms with van der Waals surface area (Å²) in [6, 6.07) is 0. The number of alkyl halides is 8. The first-order valence-corrected chi connectivity index (χ1v) is 5.09. The normalized spacial score (nSPS) is 22.5. The van der Waals surface area contributed by atoms with Gasteiger partial charge in [0.05, 0.1) is 0 Å². The standard InChI is InChI=1S/C6H5Cl3F5N3/c1-16-3(4(10,11)5(12,13)14)17(2-15-16)6(7,8)9/h2-3H,1H3. The SMILES string of the molecule is CN1N=CN(C(Cl)(Cl)Cl)C1C(F)(F)C(F)(F)F. The molecule has 1 rings (SSSR count). The van der Waals surface area contributed by atoms with Crippen LogP contribution in [0.3, 0.4) is 0 Å². The predicted molar refractivity (Wildman–Crippen MR) is 53.2 cm³/mol. The number of nitrogens with zero attached hydrogens (tertiary/aromatic N) is 3. The van der Waals surface area contributed by atoms with Crippen LogP contribution in [0.5, 0.6) is 0 Å². The van der Waals surface area contributed by atoms with Crippen molar-refractivity contribution in [3.05, 3.63) is 0 Å². The minimum atomic E-state index is -5.78. The lowest BCUT2D eigenvalue weighted by Crippen LogP contribution is -2.60. The average molecular weight is 320 g/mol. The Morgan fingerprint density at radius 3 is 1.94 bits per heavy atom. The van der Waals surface area contributed by atoms with Crippen LogP contribution < -0.4 is 0 Å². The lowest BCUT2D eigenvalue weighted by molar-refractivity contribution is -0.313. The van der Waals surface area contributed by atoms with Crippen LogP contribution >= 0.6 is 34.8 Å². The van der Waals surface area contributed by atoms with E-state index in [9.17, 15) is 22.0 Å². The Hall–Kier alpha value is -0.210. The molecule has 0 saturated heterocycles. The van der Waals surface area contributed by atoms with Crippen molar-refractivity contribution in [1.29, 1.82) is 0 Å². The molecule has 11 heteroatoms. The van der Waals surface area contributed by atoms with Gasteiger partial charge in [-0.3, -0.25) is 9.91 Å². The number of hydrogen-bond donors (Lipinski definition) is 0. The van der Waals surface area contributed by atoms with E-state index in [4.69, 9.17) is 34.8 Å². The fraction of sp³-hybridized carbons (Fsp3) is 0.833. The third kappa shape index (κ3) is 2.63. The van der Waals surface area contributed by atoms with Crippen molar-refractivity contribution in [2.24, 2.45) is 5.10 Å². The van der Waals surface area contributed by atoms with E-state index in [-0.39, 0.29) is 4.90 Å². The summed E-state index contributed by atoms with van der Waals surface area (Å²) in [6.07, 6.45) is -7.72. The molecule has 0 spiro atoms. The van der Waals surface area contributed by atoms with Crippen molar-refractivity contribution in [3.8, 4) is 0 Å². The van der Waals surface area contributed by atoms with Gasteiger partial charge >= 0.3 is 12.1 Å². The van der Waals surface area contributed by atoms with E-state index in [0.717, 1.165) is 7.05 Å². The highest BCUT2D eigenvalue weighted by atomic mass is 35.6. The van der Waals surface area contributed by atoms with Crippen molar-refractivity contribution < 1.29 is 22.0 Å². The maximum atomic E-state index is 13.2. The van der Waals surface area contributed by atoms with Crippen LogP contribution in [0.2, 0.25) is 0 Å². The second-order valence-electron chi connectivity index (χ2n) is 3.17. The predicted octanol–water partition coefficient (Wildman–Crippen LogP) is 3.03. The molecule has 1 atom stereocenters. The zero-order valence-corrected chi connectivity index (χ0v) is 10.3. The highest BCUT2D eigenvalue weighted by molar-refractivity contribution is 6.67. The molecule has 0 aromatic heterocycles. The van der Waals surface area contributed by atoms with Crippen LogP contribution in [0.15, 0.2) is 5.10 Å². The molecule has 100 valence electrons. The van der Waals surface area contributed by atoms with Gasteiger partial charge in [-0.25, -0.2) is 0 Å². The van der Waals surface area contributed by atoms with Crippen molar-refractivity contribution in [2.75, 3.05) is 7.05 Å². The van der Waals surface area contributed by atoms with Gasteiger partial charge in [-0.1, -0.05) is 34.8 Å². The Morgan fingerprint density at radius 2 is 1.59 bits per heavy atom. The fourth-order valence-corrected chi connectivity index (χ4v) is 1.61. The smallest absolute Gasteiger partial charge is 0.289 e. The van der Waals surface area contributed by atoms with Gasteiger partial charge in [-0.2, -0.15) is 27.1 Å². The number of hydrogen-bond acceptors (Lipinski definition) is 3. The van der Waals surface area contributed by atoms with E-state index in [2.05, 4.69) is 5.10 Å². The minimum Gasteiger partial charge on any atom is -0.289 e. The largest absolute Gasteiger partial charge is 0.457 e. The second-order valence-corrected chi connectivity index (χ2v) is 5.40. The van der Waals surface area contributed by atoms with Crippen molar-refractivity contribution in [3.63, 3.8) is 0 Å². The first-order chi connectivity index (χ1) is 7.39. The zero-order valence-electron chi connectivity index (χ0n) is 8.02. The van der Waals surface area contributed by atoms with E-state index in [1.807, 2.05) is 0 Å². The van der Waals surface area contributed by atoms with Gasteiger partial charge in [0, 0.05) is 7.05 Å². The molecule has 0 amide bonds. The number of hydrazone groups is 1. The van der Waals surface area contributed by atoms with Crippen LogP contribution in [-0.2, 0) is 0 Å². The van der Waals surface area contributed by atoms with Gasteiger partial charge in [-0.05, 0) is 0 Å². The molecule has 1 aliphatic heterocycles. The molecule has 0 aromatic rings. The Bertz CT molecular complexity index is 326. The fourth-order valence-electron chi connectivity index (χ4n) is 1.20. The van der Waals surface area contributed by atoms with Crippen LogP contribution in [0.25, 0.3) is 0 Å². The first-order valence-electron chi connectivity index (χ1n) is 3.95. The Kier molecular flexibility index (Phi) is 3.64. The molecular weight excluding hydrogens is 315 g/mol. The molecular formula is C6H5Cl3F5N3. The highest BCUT2D eigenvalue weighted by Crippen LogP contribution is 2.46. The summed E-state index contributed by atoms with van der Waals surface area (Å²) in [4.78, 5) is 0.200. The summed E-state index contributed by atoms with van der Waals surface area (Å²) in [7, 11) is 0.914. The summed E-state index contributed by atoms with van der Waals surface area (Å²) in [5, 5.41) is 3.62. The molecule has 17 heavy (non-hydrogen) atoms. The van der Waals surface area contributed by atoms with Gasteiger partial charge in [0.2, 0.25) is 0 Å². The van der Waals surface area contributed by atoms with E-state index in [0.29, 0.717) is 11.3 Å². The lowest BCUT2D eigenvalue weighted by Gasteiger charge is -2.37. The Morgan fingerprint density at radius 1 is 1.12 bits per heavy atom. The molecule has 0 aliphatic carbocycles. The summed E-state index contributed by atoms with van der Waals surface area (Å²) < 4.78 is 60.6. The number of halogens is 8. The van der Waals surface area contributed by atoms with Crippen molar-refractivity contribution in [2.45, 2.75) is 22.2 Å². The van der Waals surface area contributed by atoms with Crippen LogP contribution in [0.1, 0.15) is 0 Å². The molecule has 3 nitrogen and oxygen atoms in total. The van der Waals surface area contributed by atoms with E-state index in [1.165, 1.54) is 0 Å². The topological polar surface area (TPSA) is 18.8 Å². The van der Waals surface area contributed by atoms with Crippen LogP contribution in [-0.4, -0.2) is 45.5 Å². The Labute approximate surface area is 108 Å². The quantitative estimate of drug-likeness (QED) is 0.420. The highest BCUT2D eigenvalue weighted by Gasteiger charge is 2.68. The summed E-state index contributed by atoms with van der Waals surface area (Å²) in [5.74, 6) is -5.11. The van der Waals surface area contributed by atoms with Gasteiger partial charge in [0.1, 0.15) is 6.34 Å². The minimum absolute atomic E-state index is 0.200. The van der Waals surface area contributed by atoms with Gasteiger partial charge in [-0.15, -0.1) is 0 Å². The molecule has 1 heterocycles. The molecule has 0 N–H and O–H groups in total. The molecule has 0 saturated carbocycles. The molecule has 1 aliphatic rings. The molecule has 0 fully saturated rings. The molecule has 0 aromatic carbocycles. The van der Waals surface area contributed by atoms with Gasteiger partial charge < -0.3 is 0 Å². The lowest BCUT2D eigenvalue weighted by atomic mass is 10.2. The van der Waals surface area contributed by atoms with Gasteiger partial charge in [0.15, 0.2) is 6.17 Å².